The summed E-state index contributed by atoms with van der Waals surface area (Å²) in [5.41, 5.74) is 0.358. The molecule has 1 aromatic heterocycles. The van der Waals surface area contributed by atoms with Crippen LogP contribution in [0.4, 0.5) is 5.00 Å². The largest absolute Gasteiger partial charge is 0.462 e. The standard InChI is InChI=1S/C14H18ClNO5S2/c1-3-10-6-11(14(18)21-4-2)13(22-10)16-7-9(5-12(16)17)8-23(15,19)20/h6,9H,3-5,7-8H2,1-2H3. The fourth-order valence-corrected chi connectivity index (χ4v) is 4.96. The molecular formula is C14H18ClNO5S2. The molecule has 0 aromatic carbocycles. The first-order chi connectivity index (χ1) is 10.7. The van der Waals surface area contributed by atoms with E-state index in [9.17, 15) is 18.0 Å². The van der Waals surface area contributed by atoms with Gasteiger partial charge >= 0.3 is 5.97 Å². The minimum Gasteiger partial charge on any atom is -0.462 e. The molecule has 0 saturated carbocycles. The van der Waals surface area contributed by atoms with Gasteiger partial charge in [-0.2, -0.15) is 0 Å². The Morgan fingerprint density at radius 3 is 2.74 bits per heavy atom. The molecule has 0 aliphatic carbocycles. The van der Waals surface area contributed by atoms with Gasteiger partial charge in [-0.1, -0.05) is 6.92 Å². The number of hydrogen-bond donors (Lipinski definition) is 0. The number of amides is 1. The van der Waals surface area contributed by atoms with Gasteiger partial charge in [0, 0.05) is 34.4 Å². The zero-order valence-corrected chi connectivity index (χ0v) is 15.3. The molecule has 0 radical (unpaired) electrons. The molecule has 23 heavy (non-hydrogen) atoms. The van der Waals surface area contributed by atoms with Crippen molar-refractivity contribution < 1.29 is 22.7 Å². The topological polar surface area (TPSA) is 80.8 Å². The predicted octanol–water partition coefficient (Wildman–Crippen LogP) is 2.41. The number of hydrogen-bond acceptors (Lipinski definition) is 6. The summed E-state index contributed by atoms with van der Waals surface area (Å²) in [5.74, 6) is -1.30. The van der Waals surface area contributed by atoms with Crippen LogP contribution in [0.3, 0.4) is 0 Å². The molecule has 0 spiro atoms. The summed E-state index contributed by atoms with van der Waals surface area (Å²) in [7, 11) is 1.61. The van der Waals surface area contributed by atoms with Crippen molar-refractivity contribution in [2.45, 2.75) is 26.7 Å². The van der Waals surface area contributed by atoms with Crippen LogP contribution in [0.25, 0.3) is 0 Å². The van der Waals surface area contributed by atoms with Crippen LogP contribution in [-0.2, 0) is 25.0 Å². The maximum atomic E-state index is 12.2. The Kier molecular flexibility index (Phi) is 5.70. The fourth-order valence-electron chi connectivity index (χ4n) is 2.53. The third kappa shape index (κ3) is 4.45. The van der Waals surface area contributed by atoms with E-state index in [1.807, 2.05) is 6.92 Å². The molecule has 1 saturated heterocycles. The highest BCUT2D eigenvalue weighted by molar-refractivity contribution is 8.13. The number of ether oxygens (including phenoxy) is 1. The Morgan fingerprint density at radius 1 is 1.48 bits per heavy atom. The number of esters is 1. The van der Waals surface area contributed by atoms with E-state index in [0.29, 0.717) is 10.6 Å². The second-order valence-electron chi connectivity index (χ2n) is 5.29. The summed E-state index contributed by atoms with van der Waals surface area (Å²) in [6.45, 7) is 4.16. The molecule has 0 N–H and O–H groups in total. The van der Waals surface area contributed by atoms with Gasteiger partial charge in [-0.05, 0) is 19.4 Å². The summed E-state index contributed by atoms with van der Waals surface area (Å²) in [6.07, 6.45) is 0.839. The zero-order valence-electron chi connectivity index (χ0n) is 12.9. The first kappa shape index (κ1) is 18.2. The minimum absolute atomic E-state index is 0.105. The lowest BCUT2D eigenvalue weighted by atomic mass is 10.1. The number of anilines is 1. The number of nitrogens with zero attached hydrogens (tertiary/aromatic N) is 1. The van der Waals surface area contributed by atoms with Gasteiger partial charge in [0.2, 0.25) is 15.0 Å². The molecule has 6 nitrogen and oxygen atoms in total. The lowest BCUT2D eigenvalue weighted by molar-refractivity contribution is -0.117. The highest BCUT2D eigenvalue weighted by Gasteiger charge is 2.36. The van der Waals surface area contributed by atoms with Gasteiger partial charge in [0.25, 0.3) is 0 Å². The van der Waals surface area contributed by atoms with Crippen LogP contribution in [0.15, 0.2) is 6.07 Å². The van der Waals surface area contributed by atoms with E-state index in [0.717, 1.165) is 11.3 Å². The summed E-state index contributed by atoms with van der Waals surface area (Å²) in [6, 6.07) is 1.73. The van der Waals surface area contributed by atoms with E-state index >= 15 is 0 Å². The van der Waals surface area contributed by atoms with Crippen LogP contribution in [0, 0.1) is 5.92 Å². The summed E-state index contributed by atoms with van der Waals surface area (Å²) in [5, 5.41) is 0.528. The number of aryl methyl sites for hydroxylation is 1. The Balaban J connectivity index is 2.28. The van der Waals surface area contributed by atoms with Gasteiger partial charge < -0.3 is 9.64 Å². The number of thiophene rings is 1. The molecule has 1 atom stereocenters. The van der Waals surface area contributed by atoms with E-state index in [2.05, 4.69) is 0 Å². The zero-order chi connectivity index (χ0) is 17.2. The Morgan fingerprint density at radius 2 is 2.17 bits per heavy atom. The minimum atomic E-state index is -3.67. The molecule has 1 amide bonds. The smallest absolute Gasteiger partial charge is 0.341 e. The predicted molar refractivity (Wildman–Crippen MR) is 89.8 cm³/mol. The van der Waals surface area contributed by atoms with Crippen molar-refractivity contribution in [2.24, 2.45) is 5.92 Å². The van der Waals surface area contributed by atoms with E-state index in [4.69, 9.17) is 15.4 Å². The molecular weight excluding hydrogens is 362 g/mol. The fraction of sp³-hybridized carbons (Fsp3) is 0.571. The molecule has 1 aromatic rings. The molecule has 1 aliphatic rings. The molecule has 128 valence electrons. The number of carbonyl (C=O) groups excluding carboxylic acids is 2. The molecule has 9 heteroatoms. The van der Waals surface area contributed by atoms with Crippen molar-refractivity contribution in [3.63, 3.8) is 0 Å². The highest BCUT2D eigenvalue weighted by Crippen LogP contribution is 2.36. The summed E-state index contributed by atoms with van der Waals surface area (Å²) in [4.78, 5) is 26.8. The van der Waals surface area contributed by atoms with Crippen molar-refractivity contribution in [1.82, 2.24) is 0 Å². The molecule has 2 rings (SSSR count). The monoisotopic (exact) mass is 379 g/mol. The molecule has 1 fully saturated rings. The first-order valence-electron chi connectivity index (χ1n) is 7.27. The molecule has 1 unspecified atom stereocenters. The molecule has 1 aliphatic heterocycles. The SMILES string of the molecule is CCOC(=O)c1cc(CC)sc1N1CC(CS(=O)(=O)Cl)CC1=O. The van der Waals surface area contributed by atoms with Gasteiger partial charge in [0.1, 0.15) is 5.00 Å². The molecule has 0 bridgehead atoms. The van der Waals surface area contributed by atoms with Crippen LogP contribution < -0.4 is 4.90 Å². The van der Waals surface area contributed by atoms with Crippen LogP contribution in [0.1, 0.15) is 35.5 Å². The van der Waals surface area contributed by atoms with E-state index < -0.39 is 15.0 Å². The maximum Gasteiger partial charge on any atom is 0.341 e. The number of carbonyl (C=O) groups is 2. The van der Waals surface area contributed by atoms with E-state index in [1.54, 1.807) is 13.0 Å². The number of rotatable bonds is 6. The average molecular weight is 380 g/mol. The van der Waals surface area contributed by atoms with Crippen molar-refractivity contribution >= 4 is 47.9 Å². The van der Waals surface area contributed by atoms with Crippen LogP contribution in [0.2, 0.25) is 0 Å². The van der Waals surface area contributed by atoms with Gasteiger partial charge in [-0.3, -0.25) is 4.79 Å². The van der Waals surface area contributed by atoms with Crippen LogP contribution in [-0.4, -0.2) is 39.2 Å². The first-order valence-corrected chi connectivity index (χ1v) is 10.6. The molecule has 2 heterocycles. The maximum absolute atomic E-state index is 12.2. The quantitative estimate of drug-likeness (QED) is 0.560. The normalized spacial score (nSPS) is 18.5. The van der Waals surface area contributed by atoms with Gasteiger partial charge in [-0.15, -0.1) is 11.3 Å². The van der Waals surface area contributed by atoms with Crippen molar-refractivity contribution in [3.8, 4) is 0 Å². The lowest BCUT2D eigenvalue weighted by Gasteiger charge is -2.16. The second-order valence-corrected chi connectivity index (χ2v) is 9.22. The van der Waals surface area contributed by atoms with Crippen molar-refractivity contribution in [3.05, 3.63) is 16.5 Å². The van der Waals surface area contributed by atoms with Crippen LogP contribution >= 0.6 is 22.0 Å². The van der Waals surface area contributed by atoms with Crippen molar-refractivity contribution in [2.75, 3.05) is 23.8 Å². The number of halogens is 1. The third-order valence-electron chi connectivity index (χ3n) is 3.49. The second kappa shape index (κ2) is 7.19. The Bertz CT molecular complexity index is 713. The Hall–Kier alpha value is -1.12. The van der Waals surface area contributed by atoms with Gasteiger partial charge in [-0.25, -0.2) is 13.2 Å². The third-order valence-corrected chi connectivity index (χ3v) is 6.04. The lowest BCUT2D eigenvalue weighted by Crippen LogP contribution is -2.26. The van der Waals surface area contributed by atoms with E-state index in [-0.39, 0.29) is 37.2 Å². The average Bonchev–Trinajstić information content (AvgIpc) is 3.00. The summed E-state index contributed by atoms with van der Waals surface area (Å²) >= 11 is 1.36. The Labute approximate surface area is 143 Å². The van der Waals surface area contributed by atoms with Crippen LogP contribution in [0.5, 0.6) is 0 Å². The highest BCUT2D eigenvalue weighted by atomic mass is 35.7. The summed E-state index contributed by atoms with van der Waals surface area (Å²) < 4.78 is 27.5. The van der Waals surface area contributed by atoms with Gasteiger partial charge in [0.05, 0.1) is 17.9 Å². The van der Waals surface area contributed by atoms with E-state index in [1.165, 1.54) is 16.2 Å². The van der Waals surface area contributed by atoms with Gasteiger partial charge in [0.15, 0.2) is 0 Å². The van der Waals surface area contributed by atoms with Crippen molar-refractivity contribution in [1.29, 1.82) is 0 Å².